The number of benzene rings is 2. The zero-order valence-electron chi connectivity index (χ0n) is 22.4. The lowest BCUT2D eigenvalue weighted by atomic mass is 9.86. The van der Waals surface area contributed by atoms with Crippen LogP contribution in [0.25, 0.3) is 0 Å². The van der Waals surface area contributed by atoms with Crippen LogP contribution in [0.2, 0.25) is 0 Å². The second-order valence-electron chi connectivity index (χ2n) is 9.96. The van der Waals surface area contributed by atoms with Gasteiger partial charge in [-0.3, -0.25) is 9.52 Å². The molecule has 1 heterocycles. The first-order chi connectivity index (χ1) is 18.9. The number of aromatic nitrogens is 1. The van der Waals surface area contributed by atoms with Crippen LogP contribution in [0.4, 0.5) is 23.2 Å². The maximum Gasteiger partial charge on any atom is 0.433 e. The SMILES string of the molecule is CC(C)(C)c1ccc(OCC(=O)NCc2ccc(NS(C)(=O)=O)c(F)c2)cc1OC(=O)c1cccc(C(F)(F)F)n1. The number of halogens is 4. The van der Waals surface area contributed by atoms with Crippen molar-refractivity contribution in [3.05, 3.63) is 82.9 Å². The second-order valence-corrected chi connectivity index (χ2v) is 11.7. The Bertz CT molecular complexity index is 1550. The molecule has 41 heavy (non-hydrogen) atoms. The van der Waals surface area contributed by atoms with Gasteiger partial charge in [-0.2, -0.15) is 13.2 Å². The minimum Gasteiger partial charge on any atom is -0.484 e. The highest BCUT2D eigenvalue weighted by Gasteiger charge is 2.33. The van der Waals surface area contributed by atoms with Crippen LogP contribution in [0.1, 0.15) is 48.1 Å². The second kappa shape index (κ2) is 12.1. The summed E-state index contributed by atoms with van der Waals surface area (Å²) in [5, 5.41) is 2.53. The van der Waals surface area contributed by atoms with Gasteiger partial charge >= 0.3 is 12.1 Å². The first kappa shape index (κ1) is 31.3. The first-order valence-electron chi connectivity index (χ1n) is 12.0. The number of esters is 1. The highest BCUT2D eigenvalue weighted by atomic mass is 32.2. The quantitative estimate of drug-likeness (QED) is 0.206. The van der Waals surface area contributed by atoms with E-state index in [0.717, 1.165) is 30.5 Å². The summed E-state index contributed by atoms with van der Waals surface area (Å²) in [6, 6.07) is 11.1. The molecule has 0 fully saturated rings. The summed E-state index contributed by atoms with van der Waals surface area (Å²) >= 11 is 0. The fourth-order valence-corrected chi connectivity index (χ4v) is 4.07. The fraction of sp³-hybridized carbons (Fsp3) is 0.296. The Balaban J connectivity index is 1.68. The molecule has 14 heteroatoms. The molecule has 0 aliphatic rings. The van der Waals surface area contributed by atoms with Crippen LogP contribution < -0.4 is 19.5 Å². The van der Waals surface area contributed by atoms with Gasteiger partial charge < -0.3 is 14.8 Å². The van der Waals surface area contributed by atoms with Gasteiger partial charge in [0.2, 0.25) is 10.0 Å². The predicted octanol–water partition coefficient (Wildman–Crippen LogP) is 4.82. The molecule has 9 nitrogen and oxygen atoms in total. The third-order valence-corrected chi connectivity index (χ3v) is 5.99. The Morgan fingerprint density at radius 1 is 1.00 bits per heavy atom. The lowest BCUT2D eigenvalue weighted by Gasteiger charge is -2.23. The summed E-state index contributed by atoms with van der Waals surface area (Å²) in [6.45, 7) is 4.97. The highest BCUT2D eigenvalue weighted by molar-refractivity contribution is 7.92. The number of nitrogens with one attached hydrogen (secondary N) is 2. The Morgan fingerprint density at radius 2 is 1.71 bits per heavy atom. The maximum atomic E-state index is 14.1. The van der Waals surface area contributed by atoms with Crippen LogP contribution in [-0.4, -0.2) is 38.1 Å². The van der Waals surface area contributed by atoms with Crippen molar-refractivity contribution in [1.82, 2.24) is 10.3 Å². The molecule has 0 aliphatic heterocycles. The molecule has 0 unspecified atom stereocenters. The molecule has 0 radical (unpaired) electrons. The van der Waals surface area contributed by atoms with Gasteiger partial charge in [0, 0.05) is 18.2 Å². The lowest BCUT2D eigenvalue weighted by molar-refractivity contribution is -0.141. The highest BCUT2D eigenvalue weighted by Crippen LogP contribution is 2.35. The van der Waals surface area contributed by atoms with Gasteiger partial charge in [0.1, 0.15) is 28.7 Å². The number of carbonyl (C=O) groups excluding carboxylic acids is 2. The standard InChI is InChI=1S/C27H27F4N3O6S/c1-26(2,3)18-10-9-17(13-22(18)40-25(36)21-6-5-7-23(33-21)27(29,30)31)39-15-24(35)32-14-16-8-11-20(19(28)12-16)34-41(4,37)38/h5-13,34H,14-15H2,1-4H3,(H,32,35). The van der Waals surface area contributed by atoms with E-state index in [2.05, 4.69) is 10.3 Å². The largest absolute Gasteiger partial charge is 0.484 e. The number of hydrogen-bond donors (Lipinski definition) is 2. The lowest BCUT2D eigenvalue weighted by Crippen LogP contribution is -2.28. The van der Waals surface area contributed by atoms with Crippen molar-refractivity contribution in [3.8, 4) is 11.5 Å². The van der Waals surface area contributed by atoms with Gasteiger partial charge in [-0.05, 0) is 41.3 Å². The summed E-state index contributed by atoms with van der Waals surface area (Å²) in [4.78, 5) is 28.3. The molecule has 3 rings (SSSR count). The third kappa shape index (κ3) is 9.17. The zero-order chi connectivity index (χ0) is 30.6. The van der Waals surface area contributed by atoms with Gasteiger partial charge in [-0.1, -0.05) is 39.0 Å². The molecule has 0 atom stereocenters. The van der Waals surface area contributed by atoms with Crippen molar-refractivity contribution in [2.24, 2.45) is 0 Å². The molecule has 0 aliphatic carbocycles. The summed E-state index contributed by atoms with van der Waals surface area (Å²) in [6.07, 6.45) is -3.86. The fourth-order valence-electron chi connectivity index (χ4n) is 3.51. The number of amides is 1. The Hall–Kier alpha value is -4.20. The molecule has 0 spiro atoms. The van der Waals surface area contributed by atoms with E-state index in [4.69, 9.17) is 9.47 Å². The van der Waals surface area contributed by atoms with Crippen LogP contribution in [-0.2, 0) is 33.0 Å². The first-order valence-corrected chi connectivity index (χ1v) is 13.9. The van der Waals surface area contributed by atoms with Crippen LogP contribution in [0.5, 0.6) is 11.5 Å². The number of sulfonamides is 1. The van der Waals surface area contributed by atoms with Crippen LogP contribution in [0.3, 0.4) is 0 Å². The molecule has 2 aromatic carbocycles. The number of ether oxygens (including phenoxy) is 2. The third-order valence-electron chi connectivity index (χ3n) is 5.40. The maximum absolute atomic E-state index is 14.1. The van der Waals surface area contributed by atoms with Crippen LogP contribution >= 0.6 is 0 Å². The molecule has 0 saturated carbocycles. The Kier molecular flexibility index (Phi) is 9.26. The van der Waals surface area contributed by atoms with E-state index in [-0.39, 0.29) is 23.7 Å². The van der Waals surface area contributed by atoms with Crippen molar-refractivity contribution in [3.63, 3.8) is 0 Å². The topological polar surface area (TPSA) is 124 Å². The number of hydrogen-bond acceptors (Lipinski definition) is 7. The van der Waals surface area contributed by atoms with E-state index in [1.54, 1.807) is 6.07 Å². The van der Waals surface area contributed by atoms with Crippen molar-refractivity contribution >= 4 is 27.6 Å². The summed E-state index contributed by atoms with van der Waals surface area (Å²) in [5.41, 5.74) is -1.64. The Morgan fingerprint density at radius 3 is 2.32 bits per heavy atom. The number of carbonyl (C=O) groups is 2. The molecule has 2 N–H and O–H groups in total. The van der Waals surface area contributed by atoms with Gasteiger partial charge in [0.05, 0.1) is 11.9 Å². The van der Waals surface area contributed by atoms with E-state index in [1.165, 1.54) is 24.3 Å². The Labute approximate surface area is 233 Å². The molecular formula is C27H27F4N3O6S. The van der Waals surface area contributed by atoms with E-state index >= 15 is 0 Å². The van der Waals surface area contributed by atoms with Crippen LogP contribution in [0.15, 0.2) is 54.6 Å². The molecule has 0 bridgehead atoms. The van der Waals surface area contributed by atoms with Gasteiger partial charge in [0.15, 0.2) is 6.61 Å². The molecule has 1 aromatic heterocycles. The minimum absolute atomic E-state index is 0.0119. The van der Waals surface area contributed by atoms with Gasteiger partial charge in [-0.25, -0.2) is 22.6 Å². The number of anilines is 1. The number of nitrogens with zero attached hydrogens (tertiary/aromatic N) is 1. The molecule has 0 saturated heterocycles. The van der Waals surface area contributed by atoms with E-state index in [0.29, 0.717) is 11.1 Å². The van der Waals surface area contributed by atoms with E-state index in [9.17, 15) is 35.6 Å². The average Bonchev–Trinajstić information content (AvgIpc) is 2.86. The van der Waals surface area contributed by atoms with Crippen molar-refractivity contribution in [2.75, 3.05) is 17.6 Å². The zero-order valence-corrected chi connectivity index (χ0v) is 23.2. The number of pyridine rings is 1. The average molecular weight is 598 g/mol. The van der Waals surface area contributed by atoms with Crippen molar-refractivity contribution in [2.45, 2.75) is 38.9 Å². The number of alkyl halides is 3. The van der Waals surface area contributed by atoms with E-state index < -0.39 is 57.3 Å². The van der Waals surface area contributed by atoms with Crippen molar-refractivity contribution < 1.29 is 45.0 Å². The van der Waals surface area contributed by atoms with Crippen molar-refractivity contribution in [1.29, 1.82) is 0 Å². The normalized spacial score (nSPS) is 12.0. The number of rotatable bonds is 9. The molecule has 1 amide bonds. The summed E-state index contributed by atoms with van der Waals surface area (Å²) < 4.78 is 88.7. The summed E-state index contributed by atoms with van der Waals surface area (Å²) in [5.74, 6) is -2.36. The van der Waals surface area contributed by atoms with Gasteiger partial charge in [-0.15, -0.1) is 0 Å². The predicted molar refractivity (Wildman–Crippen MR) is 142 cm³/mol. The molecular weight excluding hydrogens is 570 g/mol. The van der Waals surface area contributed by atoms with Gasteiger partial charge in [0.25, 0.3) is 5.91 Å². The minimum atomic E-state index is -4.74. The molecule has 220 valence electrons. The monoisotopic (exact) mass is 597 g/mol. The van der Waals surface area contributed by atoms with E-state index in [1.807, 2.05) is 25.5 Å². The smallest absolute Gasteiger partial charge is 0.433 e. The summed E-state index contributed by atoms with van der Waals surface area (Å²) in [7, 11) is -3.66. The van der Waals surface area contributed by atoms with Crippen LogP contribution in [0, 0.1) is 5.82 Å². The molecule has 3 aromatic rings.